The standard InChI is InChI=1S/C21H22ClN5OS/c1-3-13-7-5-6-8-16(13)23-20(28)19-18(14-9-11-15(22)12-10-14)26-27-17(4-2)24-25-21(27)29-19/h5-12,18-19,26H,3-4H2,1-2H3,(H,23,28). The molecule has 1 aliphatic heterocycles. The summed E-state index contributed by atoms with van der Waals surface area (Å²) in [5.74, 6) is 0.761. The van der Waals surface area contributed by atoms with E-state index < -0.39 is 5.25 Å². The van der Waals surface area contributed by atoms with Crippen LogP contribution in [0.3, 0.4) is 0 Å². The Morgan fingerprint density at radius 3 is 2.62 bits per heavy atom. The van der Waals surface area contributed by atoms with Gasteiger partial charge in [0.15, 0.2) is 5.82 Å². The molecule has 2 aromatic carbocycles. The lowest BCUT2D eigenvalue weighted by atomic mass is 10.0. The molecule has 1 amide bonds. The van der Waals surface area contributed by atoms with E-state index in [1.165, 1.54) is 11.8 Å². The summed E-state index contributed by atoms with van der Waals surface area (Å²) in [6, 6.07) is 15.2. The van der Waals surface area contributed by atoms with Crippen LogP contribution >= 0.6 is 23.4 Å². The number of carbonyl (C=O) groups excluding carboxylic acids is 1. The number of aryl methyl sites for hydroxylation is 2. The minimum absolute atomic E-state index is 0.0735. The zero-order chi connectivity index (χ0) is 20.4. The highest BCUT2D eigenvalue weighted by molar-refractivity contribution is 8.00. The van der Waals surface area contributed by atoms with Gasteiger partial charge < -0.3 is 10.7 Å². The monoisotopic (exact) mass is 427 g/mol. The number of fused-ring (bicyclic) bond motifs is 1. The fraction of sp³-hybridized carbons (Fsp3) is 0.286. The van der Waals surface area contributed by atoms with Gasteiger partial charge in [0.05, 0.1) is 6.04 Å². The molecule has 1 aromatic heterocycles. The molecule has 8 heteroatoms. The predicted molar refractivity (Wildman–Crippen MR) is 117 cm³/mol. The normalized spacial score (nSPS) is 18.0. The predicted octanol–water partition coefficient (Wildman–Crippen LogP) is 4.45. The quantitative estimate of drug-likeness (QED) is 0.629. The van der Waals surface area contributed by atoms with Crippen molar-refractivity contribution in [2.24, 2.45) is 0 Å². The van der Waals surface area contributed by atoms with Crippen molar-refractivity contribution in [1.29, 1.82) is 0 Å². The molecule has 150 valence electrons. The summed E-state index contributed by atoms with van der Waals surface area (Å²) in [5.41, 5.74) is 6.37. The second kappa shape index (κ2) is 8.47. The molecule has 2 unspecified atom stereocenters. The van der Waals surface area contributed by atoms with Crippen LogP contribution in [0.15, 0.2) is 53.7 Å². The van der Waals surface area contributed by atoms with Crippen molar-refractivity contribution in [2.75, 3.05) is 10.7 Å². The van der Waals surface area contributed by atoms with E-state index in [2.05, 4.69) is 27.9 Å². The number of rotatable bonds is 5. The highest BCUT2D eigenvalue weighted by Gasteiger charge is 2.37. The van der Waals surface area contributed by atoms with Gasteiger partial charge in [0.2, 0.25) is 11.1 Å². The van der Waals surface area contributed by atoms with E-state index in [0.29, 0.717) is 10.2 Å². The Hall–Kier alpha value is -2.51. The SMILES string of the molecule is CCc1ccccc1NC(=O)C1Sc2nnc(CC)n2NC1c1ccc(Cl)cc1. The molecule has 0 saturated carbocycles. The number of hydrogen-bond donors (Lipinski definition) is 2. The molecular weight excluding hydrogens is 406 g/mol. The maximum atomic E-state index is 13.3. The first-order chi connectivity index (χ1) is 14.1. The second-order valence-electron chi connectivity index (χ2n) is 6.78. The lowest BCUT2D eigenvalue weighted by molar-refractivity contribution is -0.116. The average Bonchev–Trinajstić information content (AvgIpc) is 3.16. The van der Waals surface area contributed by atoms with Gasteiger partial charge in [-0.15, -0.1) is 10.2 Å². The summed E-state index contributed by atoms with van der Waals surface area (Å²) in [6.45, 7) is 4.11. The van der Waals surface area contributed by atoms with Crippen LogP contribution in [-0.2, 0) is 17.6 Å². The molecule has 2 N–H and O–H groups in total. The van der Waals surface area contributed by atoms with E-state index in [-0.39, 0.29) is 11.9 Å². The van der Waals surface area contributed by atoms with Gasteiger partial charge in [-0.2, -0.15) is 0 Å². The molecule has 3 aromatic rings. The molecule has 0 radical (unpaired) electrons. The number of carbonyl (C=O) groups is 1. The van der Waals surface area contributed by atoms with Crippen molar-refractivity contribution in [2.45, 2.75) is 43.1 Å². The first kappa shape index (κ1) is 19.8. The number of thioether (sulfide) groups is 1. The third-order valence-electron chi connectivity index (χ3n) is 4.96. The molecule has 29 heavy (non-hydrogen) atoms. The van der Waals surface area contributed by atoms with Crippen molar-refractivity contribution in [3.05, 3.63) is 70.5 Å². The summed E-state index contributed by atoms with van der Waals surface area (Å²) >= 11 is 7.49. The van der Waals surface area contributed by atoms with Gasteiger partial charge in [0, 0.05) is 17.1 Å². The van der Waals surface area contributed by atoms with Crippen LogP contribution in [0.4, 0.5) is 5.69 Å². The van der Waals surface area contributed by atoms with Crippen molar-refractivity contribution in [3.8, 4) is 0 Å². The number of nitrogens with zero attached hydrogens (tertiary/aromatic N) is 3. The van der Waals surface area contributed by atoms with Crippen LogP contribution in [0.5, 0.6) is 0 Å². The number of para-hydroxylation sites is 1. The Labute approximate surface area is 179 Å². The molecule has 0 bridgehead atoms. The summed E-state index contributed by atoms with van der Waals surface area (Å²) in [7, 11) is 0. The number of amides is 1. The van der Waals surface area contributed by atoms with Crippen LogP contribution in [0, 0.1) is 0 Å². The molecule has 0 saturated heterocycles. The molecule has 0 aliphatic carbocycles. The fourth-order valence-corrected chi connectivity index (χ4v) is 4.63. The summed E-state index contributed by atoms with van der Waals surface area (Å²) < 4.78 is 1.88. The van der Waals surface area contributed by atoms with E-state index in [1.807, 2.05) is 60.1 Å². The molecule has 1 aliphatic rings. The Bertz CT molecular complexity index is 1020. The smallest absolute Gasteiger partial charge is 0.240 e. The largest absolute Gasteiger partial charge is 0.325 e. The first-order valence-electron chi connectivity index (χ1n) is 9.62. The number of benzene rings is 2. The van der Waals surface area contributed by atoms with Gasteiger partial charge in [0.1, 0.15) is 5.25 Å². The van der Waals surface area contributed by atoms with E-state index in [0.717, 1.165) is 35.5 Å². The lowest BCUT2D eigenvalue weighted by Gasteiger charge is -2.33. The summed E-state index contributed by atoms with van der Waals surface area (Å²) in [6.07, 6.45) is 1.59. The van der Waals surface area contributed by atoms with E-state index in [9.17, 15) is 4.79 Å². The molecule has 2 heterocycles. The van der Waals surface area contributed by atoms with Gasteiger partial charge in [-0.05, 0) is 35.7 Å². The number of nitrogens with one attached hydrogen (secondary N) is 2. The Balaban J connectivity index is 1.68. The van der Waals surface area contributed by atoms with Gasteiger partial charge in [-0.1, -0.05) is 67.5 Å². The molecule has 0 fully saturated rings. The van der Waals surface area contributed by atoms with Gasteiger partial charge in [-0.25, -0.2) is 4.68 Å². The van der Waals surface area contributed by atoms with Crippen LogP contribution in [-0.4, -0.2) is 26.0 Å². The summed E-state index contributed by atoms with van der Waals surface area (Å²) in [5, 5.41) is 12.5. The zero-order valence-electron chi connectivity index (χ0n) is 16.2. The highest BCUT2D eigenvalue weighted by atomic mass is 35.5. The molecule has 0 spiro atoms. The molecule has 2 atom stereocenters. The Kier molecular flexibility index (Phi) is 5.78. The Morgan fingerprint density at radius 2 is 1.90 bits per heavy atom. The zero-order valence-corrected chi connectivity index (χ0v) is 17.8. The second-order valence-corrected chi connectivity index (χ2v) is 8.33. The van der Waals surface area contributed by atoms with Crippen LogP contribution < -0.4 is 10.7 Å². The highest BCUT2D eigenvalue weighted by Crippen LogP contribution is 2.38. The lowest BCUT2D eigenvalue weighted by Crippen LogP contribution is -2.41. The summed E-state index contributed by atoms with van der Waals surface area (Å²) in [4.78, 5) is 13.3. The van der Waals surface area contributed by atoms with Gasteiger partial charge >= 0.3 is 0 Å². The third-order valence-corrected chi connectivity index (χ3v) is 6.43. The van der Waals surface area contributed by atoms with Crippen molar-refractivity contribution in [3.63, 3.8) is 0 Å². The van der Waals surface area contributed by atoms with E-state index in [1.54, 1.807) is 0 Å². The van der Waals surface area contributed by atoms with Gasteiger partial charge in [0.25, 0.3) is 0 Å². The van der Waals surface area contributed by atoms with Crippen molar-refractivity contribution < 1.29 is 4.79 Å². The molecular formula is C21H22ClN5OS. The molecule has 6 nitrogen and oxygen atoms in total. The number of halogens is 1. The van der Waals surface area contributed by atoms with Crippen molar-refractivity contribution >= 4 is 35.0 Å². The Morgan fingerprint density at radius 1 is 1.14 bits per heavy atom. The topological polar surface area (TPSA) is 71.8 Å². The minimum Gasteiger partial charge on any atom is -0.325 e. The van der Waals surface area contributed by atoms with Crippen LogP contribution in [0.25, 0.3) is 0 Å². The maximum absolute atomic E-state index is 13.3. The number of anilines is 1. The van der Waals surface area contributed by atoms with Crippen LogP contribution in [0.2, 0.25) is 5.02 Å². The van der Waals surface area contributed by atoms with Gasteiger partial charge in [-0.3, -0.25) is 4.79 Å². The van der Waals surface area contributed by atoms with Crippen LogP contribution in [0.1, 0.15) is 36.8 Å². The third kappa shape index (κ3) is 3.97. The number of hydrogen-bond acceptors (Lipinski definition) is 5. The average molecular weight is 428 g/mol. The maximum Gasteiger partial charge on any atom is 0.240 e. The minimum atomic E-state index is -0.414. The van der Waals surface area contributed by atoms with E-state index >= 15 is 0 Å². The first-order valence-corrected chi connectivity index (χ1v) is 10.9. The fourth-order valence-electron chi connectivity index (χ4n) is 3.40. The van der Waals surface area contributed by atoms with Crippen molar-refractivity contribution in [1.82, 2.24) is 14.9 Å². The van der Waals surface area contributed by atoms with E-state index in [4.69, 9.17) is 11.6 Å². The number of aromatic nitrogens is 3. The molecule has 4 rings (SSSR count).